The summed E-state index contributed by atoms with van der Waals surface area (Å²) in [5.41, 5.74) is 1.06. The molecule has 6 heteroatoms. The minimum Gasteiger partial charge on any atom is -0.458 e. The highest BCUT2D eigenvalue weighted by Crippen LogP contribution is 2.19. The molecule has 0 heterocycles. The number of carbonyl (C=O) groups excluding carboxylic acids is 2. The third-order valence-electron chi connectivity index (χ3n) is 4.21. The lowest BCUT2D eigenvalue weighted by atomic mass is 10.1. The third-order valence-corrected chi connectivity index (χ3v) is 4.21. The second-order valence-corrected chi connectivity index (χ2v) is 7.77. The highest BCUT2D eigenvalue weighted by Gasteiger charge is 2.29. The molecule has 0 saturated carbocycles. The molecule has 0 aliphatic carbocycles. The number of ether oxygens (including phenoxy) is 1. The van der Waals surface area contributed by atoms with Crippen molar-refractivity contribution in [2.75, 3.05) is 19.7 Å². The quantitative estimate of drug-likeness (QED) is 0.669. The third kappa shape index (κ3) is 7.58. The Bertz CT molecular complexity index is 772. The van der Waals surface area contributed by atoms with E-state index in [-0.39, 0.29) is 13.2 Å². The smallest absolute Gasteiger partial charge is 0.333 e. The van der Waals surface area contributed by atoms with Crippen LogP contribution in [-0.2, 0) is 16.0 Å². The first kappa shape index (κ1) is 22.4. The van der Waals surface area contributed by atoms with Gasteiger partial charge in [0.25, 0.3) is 0 Å². The van der Waals surface area contributed by atoms with Crippen molar-refractivity contribution in [3.8, 4) is 0 Å². The number of nitrogens with one attached hydrogen (secondary N) is 1. The van der Waals surface area contributed by atoms with Crippen LogP contribution in [0.3, 0.4) is 0 Å². The zero-order chi connectivity index (χ0) is 21.3. The molecule has 0 fully saturated rings. The van der Waals surface area contributed by atoms with Crippen LogP contribution in [0.1, 0.15) is 37.9 Å². The Kier molecular flexibility index (Phi) is 8.21. The van der Waals surface area contributed by atoms with Gasteiger partial charge in [0.15, 0.2) is 6.04 Å². The zero-order valence-corrected chi connectivity index (χ0v) is 17.3. The number of benzene rings is 2. The molecule has 0 aliphatic rings. The van der Waals surface area contributed by atoms with E-state index in [1.54, 1.807) is 45.0 Å². The molecule has 0 saturated heterocycles. The van der Waals surface area contributed by atoms with Crippen LogP contribution in [0, 0.1) is 0 Å². The number of hydrogen-bond donors (Lipinski definition) is 2. The maximum atomic E-state index is 12.9. The summed E-state index contributed by atoms with van der Waals surface area (Å²) in [5, 5.41) is 12.2. The fourth-order valence-electron chi connectivity index (χ4n) is 2.84. The summed E-state index contributed by atoms with van der Waals surface area (Å²) in [6.45, 7) is 5.79. The number of esters is 1. The molecule has 2 rings (SSSR count). The van der Waals surface area contributed by atoms with Crippen molar-refractivity contribution >= 4 is 12.0 Å². The summed E-state index contributed by atoms with van der Waals surface area (Å²) in [6.07, 6.45) is 0.650. The first-order valence-corrected chi connectivity index (χ1v) is 9.78. The predicted molar refractivity (Wildman–Crippen MR) is 112 cm³/mol. The van der Waals surface area contributed by atoms with Gasteiger partial charge in [0.1, 0.15) is 5.60 Å². The Balaban J connectivity index is 2.13. The summed E-state index contributed by atoms with van der Waals surface area (Å²) in [4.78, 5) is 27.2. The Morgan fingerprint density at radius 3 is 2.14 bits per heavy atom. The number of aliphatic hydroxyl groups excluding tert-OH is 1. The number of hydrogen-bond acceptors (Lipinski definition) is 4. The molecule has 0 spiro atoms. The molecule has 0 radical (unpaired) electrons. The lowest BCUT2D eigenvalue weighted by Gasteiger charge is -2.28. The molecule has 0 aliphatic heterocycles. The Hall–Kier alpha value is -2.86. The second kappa shape index (κ2) is 10.6. The average Bonchev–Trinajstić information content (AvgIpc) is 2.69. The van der Waals surface area contributed by atoms with Gasteiger partial charge in [0, 0.05) is 13.1 Å². The van der Waals surface area contributed by atoms with Crippen LogP contribution in [0.4, 0.5) is 4.79 Å². The van der Waals surface area contributed by atoms with E-state index >= 15 is 0 Å². The topological polar surface area (TPSA) is 78.9 Å². The van der Waals surface area contributed by atoms with Crippen molar-refractivity contribution in [1.82, 2.24) is 10.2 Å². The fourth-order valence-corrected chi connectivity index (χ4v) is 2.84. The van der Waals surface area contributed by atoms with E-state index < -0.39 is 23.6 Å². The van der Waals surface area contributed by atoms with Crippen LogP contribution in [0.2, 0.25) is 0 Å². The number of nitrogens with zero attached hydrogens (tertiary/aromatic N) is 1. The summed E-state index contributed by atoms with van der Waals surface area (Å²) in [6, 6.07) is 17.5. The van der Waals surface area contributed by atoms with Gasteiger partial charge in [0.2, 0.25) is 0 Å². The highest BCUT2D eigenvalue weighted by atomic mass is 16.6. The Morgan fingerprint density at radius 2 is 1.59 bits per heavy atom. The minimum absolute atomic E-state index is 0.162. The standard InChI is InChI=1S/C23H30N2O4/c1-23(2,3)29-21(27)20(19-12-8-5-9-13-19)24-22(28)25(16-17-26)15-14-18-10-6-4-7-11-18/h4-13,20,26H,14-17H2,1-3H3,(H,24,28)/t20-/m0/s1. The molecule has 29 heavy (non-hydrogen) atoms. The van der Waals surface area contributed by atoms with Gasteiger partial charge in [0.05, 0.1) is 6.61 Å². The van der Waals surface area contributed by atoms with Crippen LogP contribution < -0.4 is 5.32 Å². The fraction of sp³-hybridized carbons (Fsp3) is 0.391. The lowest BCUT2D eigenvalue weighted by molar-refractivity contribution is -0.157. The van der Waals surface area contributed by atoms with Gasteiger partial charge < -0.3 is 20.1 Å². The van der Waals surface area contributed by atoms with E-state index in [0.717, 1.165) is 5.56 Å². The van der Waals surface area contributed by atoms with E-state index in [0.29, 0.717) is 18.5 Å². The van der Waals surface area contributed by atoms with Crippen LogP contribution >= 0.6 is 0 Å². The Labute approximate surface area is 172 Å². The maximum absolute atomic E-state index is 12.9. The van der Waals surface area contributed by atoms with Crippen molar-refractivity contribution in [1.29, 1.82) is 0 Å². The highest BCUT2D eigenvalue weighted by molar-refractivity contribution is 5.85. The van der Waals surface area contributed by atoms with Crippen LogP contribution in [-0.4, -0.2) is 47.3 Å². The summed E-state index contributed by atoms with van der Waals surface area (Å²) < 4.78 is 5.50. The number of rotatable bonds is 8. The summed E-state index contributed by atoms with van der Waals surface area (Å²) in [5.74, 6) is -0.524. The van der Waals surface area contributed by atoms with E-state index in [1.807, 2.05) is 36.4 Å². The Morgan fingerprint density at radius 1 is 1.00 bits per heavy atom. The number of urea groups is 1. The van der Waals surface area contributed by atoms with E-state index in [9.17, 15) is 14.7 Å². The number of aliphatic hydroxyl groups is 1. The molecule has 2 aromatic rings. The number of carbonyl (C=O) groups is 2. The summed E-state index contributed by atoms with van der Waals surface area (Å²) in [7, 11) is 0. The monoisotopic (exact) mass is 398 g/mol. The first-order valence-electron chi connectivity index (χ1n) is 9.78. The zero-order valence-electron chi connectivity index (χ0n) is 17.3. The van der Waals surface area contributed by atoms with Gasteiger partial charge in [-0.2, -0.15) is 0 Å². The van der Waals surface area contributed by atoms with Crippen LogP contribution in [0.25, 0.3) is 0 Å². The molecule has 2 N–H and O–H groups in total. The van der Waals surface area contributed by atoms with Gasteiger partial charge >= 0.3 is 12.0 Å². The minimum atomic E-state index is -0.930. The lowest BCUT2D eigenvalue weighted by Crippen LogP contribution is -2.46. The molecule has 1 atom stereocenters. The van der Waals surface area contributed by atoms with Crippen molar-refractivity contribution in [2.45, 2.75) is 38.8 Å². The summed E-state index contributed by atoms with van der Waals surface area (Å²) >= 11 is 0. The molecule has 156 valence electrons. The SMILES string of the molecule is CC(C)(C)OC(=O)[C@@H](NC(=O)N(CCO)CCc1ccccc1)c1ccccc1. The second-order valence-electron chi connectivity index (χ2n) is 7.77. The largest absolute Gasteiger partial charge is 0.458 e. The molecular weight excluding hydrogens is 368 g/mol. The van der Waals surface area contributed by atoms with E-state index in [1.165, 1.54) is 4.90 Å². The number of amides is 2. The van der Waals surface area contributed by atoms with Gasteiger partial charge in [-0.3, -0.25) is 0 Å². The molecule has 2 aromatic carbocycles. The van der Waals surface area contributed by atoms with Crippen LogP contribution in [0.5, 0.6) is 0 Å². The normalized spacial score (nSPS) is 12.1. The van der Waals surface area contributed by atoms with E-state index in [4.69, 9.17) is 4.74 Å². The van der Waals surface area contributed by atoms with Gasteiger partial charge in [-0.1, -0.05) is 60.7 Å². The first-order chi connectivity index (χ1) is 13.8. The van der Waals surface area contributed by atoms with Crippen molar-refractivity contribution in [3.05, 3.63) is 71.8 Å². The molecule has 0 unspecified atom stereocenters. The van der Waals surface area contributed by atoms with Gasteiger partial charge in [-0.25, -0.2) is 9.59 Å². The maximum Gasteiger partial charge on any atom is 0.333 e. The van der Waals surface area contributed by atoms with Crippen LogP contribution in [0.15, 0.2) is 60.7 Å². The van der Waals surface area contributed by atoms with E-state index in [2.05, 4.69) is 5.32 Å². The average molecular weight is 399 g/mol. The molecule has 0 aromatic heterocycles. The van der Waals surface area contributed by atoms with Crippen molar-refractivity contribution < 1.29 is 19.4 Å². The van der Waals surface area contributed by atoms with Gasteiger partial charge in [-0.05, 0) is 38.3 Å². The molecule has 2 amide bonds. The molecular formula is C23H30N2O4. The molecule has 6 nitrogen and oxygen atoms in total. The van der Waals surface area contributed by atoms with Gasteiger partial charge in [-0.15, -0.1) is 0 Å². The van der Waals surface area contributed by atoms with Crippen molar-refractivity contribution in [2.24, 2.45) is 0 Å². The van der Waals surface area contributed by atoms with Crippen molar-refractivity contribution in [3.63, 3.8) is 0 Å². The molecule has 0 bridgehead atoms. The predicted octanol–water partition coefficient (Wildman–Crippen LogP) is 3.32.